The van der Waals surface area contributed by atoms with Crippen molar-refractivity contribution in [3.63, 3.8) is 0 Å². The molecule has 1 aliphatic heterocycles. The normalized spacial score (nSPS) is 20.2. The van der Waals surface area contributed by atoms with Gasteiger partial charge >= 0.3 is 0 Å². The smallest absolute Gasteiger partial charge is 0.243 e. The van der Waals surface area contributed by atoms with Gasteiger partial charge in [0, 0.05) is 6.54 Å². The van der Waals surface area contributed by atoms with Gasteiger partial charge < -0.3 is 4.74 Å². The van der Waals surface area contributed by atoms with Crippen LogP contribution >= 0.6 is 0 Å². The molecule has 1 atom stereocenters. The van der Waals surface area contributed by atoms with E-state index in [1.807, 2.05) is 6.92 Å². The number of aryl methyl sites for hydroxylation is 1. The van der Waals surface area contributed by atoms with Gasteiger partial charge in [-0.15, -0.1) is 0 Å². The van der Waals surface area contributed by atoms with Gasteiger partial charge in [0.25, 0.3) is 0 Å². The first-order valence-electron chi connectivity index (χ1n) is 6.85. The highest BCUT2D eigenvalue weighted by Crippen LogP contribution is 2.30. The van der Waals surface area contributed by atoms with Crippen molar-refractivity contribution in [1.29, 1.82) is 0 Å². The molecule has 2 heterocycles. The van der Waals surface area contributed by atoms with E-state index in [0.717, 1.165) is 11.6 Å². The molecule has 0 amide bonds. The maximum atomic E-state index is 13.4. The number of H-pyrrole nitrogens is 1. The molecule has 0 unspecified atom stereocenters. The van der Waals surface area contributed by atoms with Crippen LogP contribution in [0.5, 0.6) is 0 Å². The Morgan fingerprint density at radius 2 is 2.27 bits per heavy atom. The first kappa shape index (κ1) is 15.1. The van der Waals surface area contributed by atoms with Crippen molar-refractivity contribution in [2.24, 2.45) is 0 Å². The molecule has 6 nitrogen and oxygen atoms in total. The second kappa shape index (κ2) is 5.79. The van der Waals surface area contributed by atoms with Crippen LogP contribution in [0.3, 0.4) is 0 Å². The Bertz CT molecular complexity index is 775. The van der Waals surface area contributed by atoms with Gasteiger partial charge in [-0.2, -0.15) is 9.40 Å². The molecule has 22 heavy (non-hydrogen) atoms. The minimum Gasteiger partial charge on any atom is -0.378 e. The third-order valence-corrected chi connectivity index (χ3v) is 5.59. The number of rotatable bonds is 3. The van der Waals surface area contributed by atoms with Gasteiger partial charge in [0.05, 0.1) is 36.0 Å². The summed E-state index contributed by atoms with van der Waals surface area (Å²) in [6, 6.07) is 4.53. The Hall–Kier alpha value is -1.77. The molecule has 1 aliphatic rings. The highest BCUT2D eigenvalue weighted by atomic mass is 32.2. The number of aromatic amines is 1. The zero-order chi connectivity index (χ0) is 15.7. The Morgan fingerprint density at radius 1 is 1.45 bits per heavy atom. The van der Waals surface area contributed by atoms with E-state index in [-0.39, 0.29) is 18.0 Å². The zero-order valence-corrected chi connectivity index (χ0v) is 12.8. The lowest BCUT2D eigenvalue weighted by Gasteiger charge is -2.34. The van der Waals surface area contributed by atoms with E-state index in [1.54, 1.807) is 6.20 Å². The van der Waals surface area contributed by atoms with Crippen LogP contribution in [-0.2, 0) is 14.8 Å². The maximum absolute atomic E-state index is 13.4. The summed E-state index contributed by atoms with van der Waals surface area (Å²) in [5, 5.41) is 6.77. The van der Waals surface area contributed by atoms with Crippen molar-refractivity contribution in [2.75, 3.05) is 19.8 Å². The molecule has 1 aromatic carbocycles. The van der Waals surface area contributed by atoms with Crippen LogP contribution < -0.4 is 0 Å². The maximum Gasteiger partial charge on any atom is 0.243 e. The van der Waals surface area contributed by atoms with Crippen LogP contribution in [0.1, 0.15) is 17.3 Å². The number of nitrogens with zero attached hydrogens (tertiary/aromatic N) is 2. The fraction of sp³-hybridized carbons (Fsp3) is 0.357. The summed E-state index contributed by atoms with van der Waals surface area (Å²) in [5.74, 6) is -0.580. The average molecular weight is 325 g/mol. The van der Waals surface area contributed by atoms with E-state index in [0.29, 0.717) is 12.3 Å². The topological polar surface area (TPSA) is 75.3 Å². The Morgan fingerprint density at radius 3 is 2.95 bits per heavy atom. The minimum atomic E-state index is -3.81. The lowest BCUT2D eigenvalue weighted by Crippen LogP contribution is -2.43. The SMILES string of the molecule is Cc1cn[nH]c1[C@@H]1COCCN1S(=O)(=O)c1cccc(F)c1. The van der Waals surface area contributed by atoms with E-state index in [4.69, 9.17) is 4.74 Å². The van der Waals surface area contributed by atoms with Crippen molar-refractivity contribution in [1.82, 2.24) is 14.5 Å². The number of hydrogen-bond acceptors (Lipinski definition) is 4. The Kier molecular flexibility index (Phi) is 3.98. The highest BCUT2D eigenvalue weighted by Gasteiger charge is 2.36. The molecule has 1 N–H and O–H groups in total. The molecule has 3 rings (SSSR count). The fourth-order valence-corrected chi connectivity index (χ4v) is 4.16. The molecule has 0 spiro atoms. The third kappa shape index (κ3) is 2.65. The molecule has 118 valence electrons. The summed E-state index contributed by atoms with van der Waals surface area (Å²) < 4.78 is 45.8. The molecule has 0 radical (unpaired) electrons. The number of halogens is 1. The summed E-state index contributed by atoms with van der Waals surface area (Å²) in [5.41, 5.74) is 1.55. The minimum absolute atomic E-state index is 0.0587. The van der Waals surface area contributed by atoms with Crippen molar-refractivity contribution in [3.8, 4) is 0 Å². The van der Waals surface area contributed by atoms with Gasteiger partial charge in [0.15, 0.2) is 0 Å². The standard InChI is InChI=1S/C14H16FN3O3S/c1-10-8-16-17-14(10)13-9-21-6-5-18(13)22(19,20)12-4-2-3-11(15)7-12/h2-4,7-8,13H,5-6,9H2,1H3,(H,16,17)/t13-/m0/s1. The molecule has 0 saturated carbocycles. The quantitative estimate of drug-likeness (QED) is 0.930. The molecular weight excluding hydrogens is 309 g/mol. The number of benzene rings is 1. The first-order chi connectivity index (χ1) is 10.5. The van der Waals surface area contributed by atoms with E-state index >= 15 is 0 Å². The molecule has 0 bridgehead atoms. The lowest BCUT2D eigenvalue weighted by atomic mass is 10.1. The summed E-state index contributed by atoms with van der Waals surface area (Å²) in [6.45, 7) is 2.60. The Balaban J connectivity index is 2.02. The molecule has 0 aliphatic carbocycles. The van der Waals surface area contributed by atoms with Gasteiger partial charge in [-0.05, 0) is 30.7 Å². The number of hydrogen-bond donors (Lipinski definition) is 1. The summed E-state index contributed by atoms with van der Waals surface area (Å²) >= 11 is 0. The largest absolute Gasteiger partial charge is 0.378 e. The van der Waals surface area contributed by atoms with E-state index < -0.39 is 21.9 Å². The first-order valence-corrected chi connectivity index (χ1v) is 8.29. The second-order valence-electron chi connectivity index (χ2n) is 5.13. The number of nitrogens with one attached hydrogen (secondary N) is 1. The third-order valence-electron chi connectivity index (χ3n) is 3.68. The fourth-order valence-electron chi connectivity index (χ4n) is 2.56. The molecule has 1 saturated heterocycles. The highest BCUT2D eigenvalue weighted by molar-refractivity contribution is 7.89. The zero-order valence-electron chi connectivity index (χ0n) is 12.0. The van der Waals surface area contributed by atoms with E-state index in [2.05, 4.69) is 10.2 Å². The van der Waals surface area contributed by atoms with Gasteiger partial charge in [-0.1, -0.05) is 6.07 Å². The predicted molar refractivity (Wildman–Crippen MR) is 77.2 cm³/mol. The van der Waals surface area contributed by atoms with Crippen LogP contribution in [0.15, 0.2) is 35.4 Å². The van der Waals surface area contributed by atoms with Gasteiger partial charge in [-0.25, -0.2) is 12.8 Å². The molecular formula is C14H16FN3O3S. The van der Waals surface area contributed by atoms with Crippen LogP contribution in [0.25, 0.3) is 0 Å². The van der Waals surface area contributed by atoms with E-state index in [9.17, 15) is 12.8 Å². The summed E-state index contributed by atoms with van der Waals surface area (Å²) in [7, 11) is -3.81. The van der Waals surface area contributed by atoms with Crippen LogP contribution in [0.4, 0.5) is 4.39 Å². The van der Waals surface area contributed by atoms with Gasteiger partial charge in [0.2, 0.25) is 10.0 Å². The molecule has 8 heteroatoms. The molecule has 1 fully saturated rings. The number of aromatic nitrogens is 2. The molecule has 2 aromatic rings. The van der Waals surface area contributed by atoms with E-state index in [1.165, 1.54) is 22.5 Å². The van der Waals surface area contributed by atoms with Crippen molar-refractivity contribution < 1.29 is 17.5 Å². The van der Waals surface area contributed by atoms with Crippen LogP contribution in [0, 0.1) is 12.7 Å². The van der Waals surface area contributed by atoms with Gasteiger partial charge in [-0.3, -0.25) is 5.10 Å². The lowest BCUT2D eigenvalue weighted by molar-refractivity contribution is 0.0303. The van der Waals surface area contributed by atoms with Crippen molar-refractivity contribution in [3.05, 3.63) is 47.5 Å². The second-order valence-corrected chi connectivity index (χ2v) is 7.02. The predicted octanol–water partition coefficient (Wildman–Crippen LogP) is 1.62. The van der Waals surface area contributed by atoms with Crippen LogP contribution in [0.2, 0.25) is 0 Å². The molecule has 1 aromatic heterocycles. The number of ether oxygens (including phenoxy) is 1. The van der Waals surface area contributed by atoms with Crippen LogP contribution in [-0.4, -0.2) is 42.7 Å². The van der Waals surface area contributed by atoms with Gasteiger partial charge in [0.1, 0.15) is 5.82 Å². The summed E-state index contributed by atoms with van der Waals surface area (Å²) in [6.07, 6.45) is 1.64. The Labute approximate surface area is 128 Å². The number of morpholine rings is 1. The summed E-state index contributed by atoms with van der Waals surface area (Å²) in [4.78, 5) is -0.0587. The van der Waals surface area contributed by atoms with Crippen molar-refractivity contribution in [2.45, 2.75) is 17.9 Å². The number of sulfonamides is 1. The van der Waals surface area contributed by atoms with Crippen molar-refractivity contribution >= 4 is 10.0 Å². The average Bonchev–Trinajstić information content (AvgIpc) is 2.93. The monoisotopic (exact) mass is 325 g/mol.